The van der Waals surface area contributed by atoms with Crippen LogP contribution in [0.4, 0.5) is 15.9 Å². The van der Waals surface area contributed by atoms with Crippen molar-refractivity contribution in [2.45, 2.75) is 36.6 Å². The van der Waals surface area contributed by atoms with Crippen LogP contribution in [-0.4, -0.2) is 28.2 Å². The van der Waals surface area contributed by atoms with Gasteiger partial charge in [-0.25, -0.2) is 27.5 Å². The molecule has 4 aromatic rings. The third kappa shape index (κ3) is 4.40. The number of sulfonamides is 1. The van der Waals surface area contributed by atoms with Gasteiger partial charge in [0.25, 0.3) is 10.0 Å². The predicted octanol–water partition coefficient (Wildman–Crippen LogP) is 6.09. The largest absolute Gasteiger partial charge is 0.383 e. The van der Waals surface area contributed by atoms with Crippen LogP contribution in [0.25, 0.3) is 22.3 Å². The third-order valence-corrected chi connectivity index (χ3v) is 8.49. The Morgan fingerprint density at radius 1 is 1.03 bits per heavy atom. The molecule has 0 saturated heterocycles. The first-order valence-electron chi connectivity index (χ1n) is 10.6. The summed E-state index contributed by atoms with van der Waals surface area (Å²) in [7, 11) is -4.26. The van der Waals surface area contributed by atoms with E-state index in [1.807, 2.05) is 4.68 Å². The topological polar surface area (TPSA) is 116 Å². The molecule has 13 heteroatoms. The van der Waals surface area contributed by atoms with E-state index in [1.54, 1.807) is 6.07 Å². The third-order valence-electron chi connectivity index (χ3n) is 5.94. The van der Waals surface area contributed by atoms with Gasteiger partial charge in [0, 0.05) is 5.56 Å². The van der Waals surface area contributed by atoms with E-state index in [0.29, 0.717) is 22.3 Å². The fraction of sp³-hybridized carbons (Fsp3) is 0.227. The predicted molar refractivity (Wildman–Crippen MR) is 135 cm³/mol. The second-order valence-electron chi connectivity index (χ2n) is 8.19. The average Bonchev–Trinajstić information content (AvgIpc) is 3.46. The molecule has 0 aliphatic heterocycles. The number of aromatic nitrogens is 4. The fourth-order valence-corrected chi connectivity index (χ4v) is 6.33. The van der Waals surface area contributed by atoms with Gasteiger partial charge in [-0.1, -0.05) is 53.7 Å². The number of anilines is 2. The van der Waals surface area contributed by atoms with Crippen molar-refractivity contribution in [3.05, 3.63) is 57.5 Å². The summed E-state index contributed by atoms with van der Waals surface area (Å²) in [6.07, 6.45) is 5.49. The molecule has 1 aliphatic carbocycles. The van der Waals surface area contributed by atoms with Crippen molar-refractivity contribution < 1.29 is 12.8 Å². The van der Waals surface area contributed by atoms with Crippen LogP contribution in [0.1, 0.15) is 31.7 Å². The summed E-state index contributed by atoms with van der Waals surface area (Å²) in [6, 6.07) is 6.51. The summed E-state index contributed by atoms with van der Waals surface area (Å²) >= 11 is 17.8. The second kappa shape index (κ2) is 9.09. The lowest BCUT2D eigenvalue weighted by Crippen LogP contribution is -2.14. The number of nitrogens with one attached hydrogen (secondary N) is 1. The number of nitrogen functional groups attached to an aromatic ring is 1. The fourth-order valence-electron chi connectivity index (χ4n) is 4.26. The zero-order chi connectivity index (χ0) is 24.9. The molecule has 1 saturated carbocycles. The second-order valence-corrected chi connectivity index (χ2v) is 11.1. The van der Waals surface area contributed by atoms with Crippen LogP contribution in [0.5, 0.6) is 0 Å². The van der Waals surface area contributed by atoms with Crippen molar-refractivity contribution in [1.29, 1.82) is 0 Å². The van der Waals surface area contributed by atoms with Crippen molar-refractivity contribution in [2.24, 2.45) is 0 Å². The minimum absolute atomic E-state index is 0.00297. The molecule has 3 N–H and O–H groups in total. The maximum Gasteiger partial charge on any atom is 0.263 e. The normalized spacial score (nSPS) is 14.6. The Hall–Kier alpha value is -2.66. The summed E-state index contributed by atoms with van der Waals surface area (Å²) in [5, 5.41) is 5.18. The minimum atomic E-state index is -4.26. The van der Waals surface area contributed by atoms with E-state index in [9.17, 15) is 8.42 Å². The first-order valence-corrected chi connectivity index (χ1v) is 13.2. The Balaban J connectivity index is 1.53. The Kier molecular flexibility index (Phi) is 6.25. The maximum atomic E-state index is 15.1. The molecule has 35 heavy (non-hydrogen) atoms. The molecule has 0 spiro atoms. The smallest absolute Gasteiger partial charge is 0.263 e. The molecular weight excluding hydrogens is 538 g/mol. The number of halogens is 4. The highest BCUT2D eigenvalue weighted by Crippen LogP contribution is 2.38. The lowest BCUT2D eigenvalue weighted by Gasteiger charge is -2.12. The Labute approximate surface area is 215 Å². The van der Waals surface area contributed by atoms with Gasteiger partial charge in [0.05, 0.1) is 32.2 Å². The van der Waals surface area contributed by atoms with E-state index >= 15 is 4.39 Å². The Morgan fingerprint density at radius 2 is 1.74 bits per heavy atom. The lowest BCUT2D eigenvalue weighted by molar-refractivity contribution is 0.479. The minimum Gasteiger partial charge on any atom is -0.383 e. The summed E-state index contributed by atoms with van der Waals surface area (Å²) in [4.78, 5) is 8.11. The number of hydrogen-bond acceptors (Lipinski definition) is 6. The lowest BCUT2D eigenvalue weighted by atomic mass is 10.1. The highest BCUT2D eigenvalue weighted by Gasteiger charge is 2.26. The Bertz CT molecular complexity index is 1570. The van der Waals surface area contributed by atoms with Gasteiger partial charge < -0.3 is 5.73 Å². The van der Waals surface area contributed by atoms with Crippen molar-refractivity contribution in [2.75, 3.05) is 10.5 Å². The van der Waals surface area contributed by atoms with E-state index in [1.165, 1.54) is 24.5 Å². The monoisotopic (exact) mass is 554 g/mol. The number of benzene rings is 2. The zero-order valence-electron chi connectivity index (χ0n) is 18.0. The van der Waals surface area contributed by atoms with Crippen molar-refractivity contribution in [3.63, 3.8) is 0 Å². The first kappa shape index (κ1) is 24.1. The molecule has 0 unspecified atom stereocenters. The summed E-state index contributed by atoms with van der Waals surface area (Å²) in [5.74, 6) is -0.588. The SMILES string of the molecule is Nc1ncnc2c1c(-c1ccc(NS(=O)(=O)c3cc(Cl)c(Cl)cc3Cl)c(F)c1)nn2C1CCCC1. The summed E-state index contributed by atoms with van der Waals surface area (Å²) in [6.45, 7) is 0. The van der Waals surface area contributed by atoms with Crippen molar-refractivity contribution in [1.82, 2.24) is 19.7 Å². The molecule has 0 amide bonds. The Morgan fingerprint density at radius 3 is 2.46 bits per heavy atom. The van der Waals surface area contributed by atoms with Crippen molar-refractivity contribution >= 4 is 67.4 Å². The van der Waals surface area contributed by atoms with E-state index in [0.717, 1.165) is 31.7 Å². The molecule has 182 valence electrons. The number of nitrogens with zero attached hydrogens (tertiary/aromatic N) is 4. The summed E-state index contributed by atoms with van der Waals surface area (Å²) < 4.78 is 44.9. The number of nitrogens with two attached hydrogens (primary N) is 1. The average molecular weight is 556 g/mol. The molecule has 2 heterocycles. The van der Waals surface area contributed by atoms with E-state index in [4.69, 9.17) is 45.6 Å². The number of hydrogen-bond donors (Lipinski definition) is 2. The van der Waals surface area contributed by atoms with E-state index < -0.39 is 15.8 Å². The molecular formula is C22H18Cl3FN6O2S. The highest BCUT2D eigenvalue weighted by atomic mass is 35.5. The molecule has 1 aliphatic rings. The van der Waals surface area contributed by atoms with Crippen molar-refractivity contribution in [3.8, 4) is 11.3 Å². The van der Waals surface area contributed by atoms with Crippen LogP contribution in [0.3, 0.4) is 0 Å². The van der Waals surface area contributed by atoms with Gasteiger partial charge in [0.1, 0.15) is 28.6 Å². The standard InChI is InChI=1S/C22H18Cl3FN6O2S/c23-13-8-15(25)18(9-14(13)24)35(33,34)31-17-6-5-11(7-16(17)26)20-19-21(27)28-10-29-22(19)32(30-20)12-3-1-2-4-12/h5-10,12,31H,1-4H2,(H2,27,28,29). The zero-order valence-corrected chi connectivity index (χ0v) is 21.1. The van der Waals surface area contributed by atoms with Gasteiger partial charge >= 0.3 is 0 Å². The van der Waals surface area contributed by atoms with E-state index in [2.05, 4.69) is 14.7 Å². The van der Waals surface area contributed by atoms with Gasteiger partial charge in [0.2, 0.25) is 0 Å². The van der Waals surface area contributed by atoms with Crippen LogP contribution in [0, 0.1) is 5.82 Å². The van der Waals surface area contributed by atoms with Crippen LogP contribution in [-0.2, 0) is 10.0 Å². The van der Waals surface area contributed by atoms with Crippen LogP contribution < -0.4 is 10.5 Å². The maximum absolute atomic E-state index is 15.1. The van der Waals surface area contributed by atoms with Crippen LogP contribution in [0.15, 0.2) is 41.6 Å². The van der Waals surface area contributed by atoms with Gasteiger partial charge in [-0.15, -0.1) is 0 Å². The van der Waals surface area contributed by atoms with Crippen LogP contribution >= 0.6 is 34.8 Å². The van der Waals surface area contributed by atoms with Gasteiger partial charge in [-0.05, 0) is 37.1 Å². The molecule has 8 nitrogen and oxygen atoms in total. The number of fused-ring (bicyclic) bond motifs is 1. The molecule has 2 aromatic carbocycles. The summed E-state index contributed by atoms with van der Waals surface area (Å²) in [5.41, 5.74) is 7.27. The molecule has 2 aromatic heterocycles. The quantitative estimate of drug-likeness (QED) is 0.288. The number of rotatable bonds is 5. The van der Waals surface area contributed by atoms with Gasteiger partial charge in [0.15, 0.2) is 5.65 Å². The van der Waals surface area contributed by atoms with Crippen LogP contribution in [0.2, 0.25) is 15.1 Å². The van der Waals surface area contributed by atoms with Gasteiger partial charge in [-0.3, -0.25) is 4.72 Å². The molecule has 0 atom stereocenters. The first-order chi connectivity index (χ1) is 16.7. The molecule has 1 fully saturated rings. The molecule has 5 rings (SSSR count). The van der Waals surface area contributed by atoms with Gasteiger partial charge in [-0.2, -0.15) is 5.10 Å². The highest BCUT2D eigenvalue weighted by molar-refractivity contribution is 7.92. The van der Waals surface area contributed by atoms with E-state index in [-0.39, 0.29) is 37.5 Å². The molecule has 0 bridgehead atoms. The molecule has 0 radical (unpaired) electrons.